The van der Waals surface area contributed by atoms with E-state index in [0.717, 1.165) is 17.0 Å². The maximum atomic E-state index is 13.7. The average molecular weight is 515 g/mol. The molecule has 0 radical (unpaired) electrons. The molecule has 38 heavy (non-hydrogen) atoms. The molecule has 0 aliphatic carbocycles. The fourth-order valence-corrected chi connectivity index (χ4v) is 5.08. The number of fused-ring (bicyclic) bond motifs is 2. The number of ether oxygens (including phenoxy) is 3. The Hall–Kier alpha value is -4.46. The van der Waals surface area contributed by atoms with Crippen LogP contribution in [0.2, 0.25) is 0 Å². The monoisotopic (exact) mass is 514 g/mol. The minimum absolute atomic E-state index is 0.130. The number of likely N-dealkylation sites (N-methyl/N-ethyl adjacent to an activating group) is 1. The van der Waals surface area contributed by atoms with Crippen LogP contribution in [0, 0.1) is 13.8 Å². The van der Waals surface area contributed by atoms with Gasteiger partial charge in [0.1, 0.15) is 30.0 Å². The van der Waals surface area contributed by atoms with Gasteiger partial charge >= 0.3 is 5.97 Å². The van der Waals surface area contributed by atoms with Crippen molar-refractivity contribution in [3.8, 4) is 17.2 Å². The molecule has 1 aliphatic rings. The largest absolute Gasteiger partial charge is 0.497 e. The summed E-state index contributed by atoms with van der Waals surface area (Å²) in [5, 5.41) is 10.2. The van der Waals surface area contributed by atoms with E-state index in [1.807, 2.05) is 44.3 Å². The van der Waals surface area contributed by atoms with Gasteiger partial charge in [-0.15, -0.1) is 0 Å². The highest BCUT2D eigenvalue weighted by Gasteiger charge is 2.25. The first-order valence-electron chi connectivity index (χ1n) is 12.4. The molecular formula is C30H30N2O6. The summed E-state index contributed by atoms with van der Waals surface area (Å²) < 4.78 is 19.1. The summed E-state index contributed by atoms with van der Waals surface area (Å²) in [5.74, 6) is 0.891. The van der Waals surface area contributed by atoms with E-state index in [-0.39, 0.29) is 18.4 Å². The van der Waals surface area contributed by atoms with E-state index in [1.165, 1.54) is 0 Å². The van der Waals surface area contributed by atoms with Gasteiger partial charge in [-0.3, -0.25) is 14.2 Å². The van der Waals surface area contributed by atoms with E-state index >= 15 is 0 Å². The fourth-order valence-electron chi connectivity index (χ4n) is 5.08. The topological polar surface area (TPSA) is 90.2 Å². The Morgan fingerprint density at radius 3 is 2.55 bits per heavy atom. The molecule has 8 nitrogen and oxygen atoms in total. The first kappa shape index (κ1) is 25.2. The number of hydrogen-bond donors (Lipinski definition) is 1. The second-order valence-corrected chi connectivity index (χ2v) is 9.53. The number of aryl methyl sites for hydroxylation is 1. The number of benzene rings is 3. The van der Waals surface area contributed by atoms with Crippen molar-refractivity contribution < 1.29 is 28.9 Å². The average Bonchev–Trinajstić information content (AvgIpc) is 3.17. The number of carboxylic acid groups (broad SMARTS) is 1. The van der Waals surface area contributed by atoms with E-state index < -0.39 is 5.97 Å². The number of hydrogen-bond acceptors (Lipinski definition) is 6. The first-order valence-corrected chi connectivity index (χ1v) is 12.4. The smallest absolute Gasteiger partial charge is 0.307 e. The van der Waals surface area contributed by atoms with Gasteiger partial charge in [-0.25, -0.2) is 0 Å². The molecule has 2 heterocycles. The number of aromatic nitrogens is 1. The Morgan fingerprint density at radius 2 is 1.82 bits per heavy atom. The van der Waals surface area contributed by atoms with Gasteiger partial charge < -0.3 is 24.2 Å². The highest BCUT2D eigenvalue weighted by Crippen LogP contribution is 2.33. The number of anilines is 1. The van der Waals surface area contributed by atoms with Crippen LogP contribution in [0.5, 0.6) is 17.2 Å². The van der Waals surface area contributed by atoms with Crippen LogP contribution in [-0.4, -0.2) is 55.0 Å². The Labute approximate surface area is 221 Å². The second kappa shape index (κ2) is 10.1. The standard InChI is InChI=1S/C30H30N2O6/c1-18-13-21(37-17-22-16-31(3)27-7-5-6-8-28(27)38-22)9-11-23(18)30(35)32-19(2)24(15-29(33)34)25-14-20(36-4)10-12-26(25)32/h5-14,22H,15-17H2,1-4H3,(H,33,34)/t22-/m0/s1. The SMILES string of the molecule is COc1ccc2c(c1)c(CC(=O)O)c(C)n2C(=O)c1ccc(OC[C@@H]2CN(C)c3ccccc3O2)cc1C. The van der Waals surface area contributed by atoms with Crippen molar-refractivity contribution in [3.05, 3.63) is 83.0 Å². The second-order valence-electron chi connectivity index (χ2n) is 9.53. The molecule has 0 fully saturated rings. The molecule has 1 atom stereocenters. The van der Waals surface area contributed by atoms with Crippen molar-refractivity contribution in [2.45, 2.75) is 26.4 Å². The number of methoxy groups -OCH3 is 1. The zero-order valence-corrected chi connectivity index (χ0v) is 21.9. The van der Waals surface area contributed by atoms with Gasteiger partial charge in [-0.1, -0.05) is 12.1 Å². The van der Waals surface area contributed by atoms with Crippen LogP contribution in [-0.2, 0) is 11.2 Å². The number of aliphatic carboxylic acids is 1. The minimum Gasteiger partial charge on any atom is -0.497 e. The highest BCUT2D eigenvalue weighted by atomic mass is 16.5. The van der Waals surface area contributed by atoms with Gasteiger partial charge in [0, 0.05) is 23.7 Å². The summed E-state index contributed by atoms with van der Waals surface area (Å²) in [7, 11) is 3.58. The number of carboxylic acids is 1. The number of nitrogens with zero attached hydrogens (tertiary/aromatic N) is 2. The summed E-state index contributed by atoms with van der Waals surface area (Å²) >= 11 is 0. The summed E-state index contributed by atoms with van der Waals surface area (Å²) in [6, 6.07) is 18.6. The van der Waals surface area contributed by atoms with Crippen LogP contribution in [0.15, 0.2) is 60.7 Å². The van der Waals surface area contributed by atoms with Crippen molar-refractivity contribution in [1.82, 2.24) is 4.57 Å². The molecule has 196 valence electrons. The molecule has 8 heteroatoms. The van der Waals surface area contributed by atoms with Crippen LogP contribution >= 0.6 is 0 Å². The predicted octanol–water partition coefficient (Wildman–Crippen LogP) is 4.86. The quantitative estimate of drug-likeness (QED) is 0.377. The number of carbonyl (C=O) groups is 2. The Balaban J connectivity index is 1.38. The van der Waals surface area contributed by atoms with Crippen molar-refractivity contribution >= 4 is 28.5 Å². The zero-order chi connectivity index (χ0) is 27.0. The lowest BCUT2D eigenvalue weighted by Crippen LogP contribution is -2.41. The van der Waals surface area contributed by atoms with Gasteiger partial charge in [-0.05, 0) is 73.5 Å². The number of carbonyl (C=O) groups excluding carboxylic acids is 1. The summed E-state index contributed by atoms with van der Waals surface area (Å²) in [5.41, 5.74) is 4.16. The molecule has 0 unspecified atom stereocenters. The zero-order valence-electron chi connectivity index (χ0n) is 21.9. The van der Waals surface area contributed by atoms with Gasteiger partial charge in [0.05, 0.1) is 31.3 Å². The molecule has 0 amide bonds. The van der Waals surface area contributed by atoms with Crippen LogP contribution in [0.25, 0.3) is 10.9 Å². The Bertz CT molecular complexity index is 1540. The normalized spacial score (nSPS) is 14.6. The lowest BCUT2D eigenvalue weighted by molar-refractivity contribution is -0.136. The molecule has 4 aromatic rings. The van der Waals surface area contributed by atoms with E-state index in [1.54, 1.807) is 48.9 Å². The molecule has 0 bridgehead atoms. The Morgan fingerprint density at radius 1 is 1.05 bits per heavy atom. The summed E-state index contributed by atoms with van der Waals surface area (Å²) in [6.45, 7) is 4.71. The molecule has 1 N–H and O–H groups in total. The maximum absolute atomic E-state index is 13.7. The van der Waals surface area contributed by atoms with E-state index in [9.17, 15) is 14.7 Å². The molecule has 0 saturated carbocycles. The fraction of sp³-hybridized carbons (Fsp3) is 0.267. The molecule has 0 saturated heterocycles. The third kappa shape index (κ3) is 4.65. The minimum atomic E-state index is -0.961. The van der Waals surface area contributed by atoms with Crippen LogP contribution in [0.4, 0.5) is 5.69 Å². The van der Waals surface area contributed by atoms with Crippen LogP contribution in [0.1, 0.15) is 27.2 Å². The number of rotatable bonds is 7. The molecule has 3 aromatic carbocycles. The highest BCUT2D eigenvalue weighted by molar-refractivity contribution is 6.05. The van der Waals surface area contributed by atoms with Gasteiger partial charge in [0.2, 0.25) is 0 Å². The summed E-state index contributed by atoms with van der Waals surface area (Å²) in [6.07, 6.45) is -0.320. The van der Waals surface area contributed by atoms with Gasteiger partial charge in [0.15, 0.2) is 0 Å². The maximum Gasteiger partial charge on any atom is 0.307 e. The molecule has 5 rings (SSSR count). The third-order valence-electron chi connectivity index (χ3n) is 6.98. The summed E-state index contributed by atoms with van der Waals surface area (Å²) in [4.78, 5) is 27.5. The van der Waals surface area contributed by atoms with Gasteiger partial charge in [-0.2, -0.15) is 0 Å². The Kier molecular flexibility index (Phi) is 6.72. The predicted molar refractivity (Wildman–Crippen MR) is 145 cm³/mol. The van der Waals surface area contributed by atoms with Gasteiger partial charge in [0.25, 0.3) is 5.91 Å². The third-order valence-corrected chi connectivity index (χ3v) is 6.98. The lowest BCUT2D eigenvalue weighted by Gasteiger charge is -2.33. The van der Waals surface area contributed by atoms with Crippen molar-refractivity contribution in [1.29, 1.82) is 0 Å². The molecule has 1 aliphatic heterocycles. The van der Waals surface area contributed by atoms with E-state index in [2.05, 4.69) is 4.90 Å². The van der Waals surface area contributed by atoms with Crippen molar-refractivity contribution in [3.63, 3.8) is 0 Å². The lowest BCUT2D eigenvalue weighted by atomic mass is 10.1. The van der Waals surface area contributed by atoms with Crippen LogP contribution in [0.3, 0.4) is 0 Å². The van der Waals surface area contributed by atoms with Crippen molar-refractivity contribution in [2.75, 3.05) is 32.2 Å². The van der Waals surface area contributed by atoms with E-state index in [0.29, 0.717) is 52.4 Å². The first-order chi connectivity index (χ1) is 18.3. The van der Waals surface area contributed by atoms with Crippen LogP contribution < -0.4 is 19.1 Å². The van der Waals surface area contributed by atoms with Crippen molar-refractivity contribution in [2.24, 2.45) is 0 Å². The number of para-hydroxylation sites is 2. The molecule has 1 aromatic heterocycles. The molecule has 0 spiro atoms. The van der Waals surface area contributed by atoms with E-state index in [4.69, 9.17) is 14.2 Å². The molecular weight excluding hydrogens is 484 g/mol.